The molecule has 0 amide bonds. The summed E-state index contributed by atoms with van der Waals surface area (Å²) in [5.74, 6) is 0. The maximum Gasteiger partial charge on any atom is 0.162 e. The third-order valence-electron chi connectivity index (χ3n) is 1.87. The minimum absolute atomic E-state index is 0.600. The Kier molecular flexibility index (Phi) is 4.57. The molecule has 15 heavy (non-hydrogen) atoms. The summed E-state index contributed by atoms with van der Waals surface area (Å²) in [6, 6.07) is 6.94. The fraction of sp³-hybridized carbons (Fsp3) is 0.333. The van der Waals surface area contributed by atoms with Gasteiger partial charge in [0.1, 0.15) is 9.36 Å². The summed E-state index contributed by atoms with van der Waals surface area (Å²) < 4.78 is 22.5. The van der Waals surface area contributed by atoms with E-state index in [0.29, 0.717) is 5.56 Å². The van der Waals surface area contributed by atoms with E-state index in [1.54, 1.807) is 46.9 Å². The van der Waals surface area contributed by atoms with Gasteiger partial charge in [-0.15, -0.1) is 0 Å². The Morgan fingerprint density at radius 2 is 1.80 bits per heavy atom. The van der Waals surface area contributed by atoms with E-state index in [9.17, 15) is 13.5 Å². The van der Waals surface area contributed by atoms with Gasteiger partial charge in [0.15, 0.2) is 9.84 Å². The van der Waals surface area contributed by atoms with Crippen molar-refractivity contribution >= 4 is 48.4 Å². The average molecular weight is 405 g/mol. The van der Waals surface area contributed by atoms with Gasteiger partial charge in [-0.2, -0.15) is 0 Å². The first-order chi connectivity index (χ1) is 6.82. The molecular formula is C9H10BrIO3S. The number of sulfone groups is 1. The summed E-state index contributed by atoms with van der Waals surface area (Å²) in [5, 5.41) is 9.81. The highest BCUT2D eigenvalue weighted by molar-refractivity contribution is 14.1. The SMILES string of the molecule is CS(=O)(=O)[C@H](I)[C@H](O)c1ccc(Br)cc1. The Balaban J connectivity index is 2.95. The van der Waals surface area contributed by atoms with E-state index < -0.39 is 19.2 Å². The molecule has 0 bridgehead atoms. The summed E-state index contributed by atoms with van der Waals surface area (Å²) in [7, 11) is -3.24. The maximum atomic E-state index is 11.2. The summed E-state index contributed by atoms with van der Waals surface area (Å²) in [5.41, 5.74) is 0.600. The van der Waals surface area contributed by atoms with E-state index in [4.69, 9.17) is 0 Å². The lowest BCUT2D eigenvalue weighted by atomic mass is 10.1. The van der Waals surface area contributed by atoms with Crippen molar-refractivity contribution in [3.63, 3.8) is 0 Å². The Hall–Kier alpha value is 0.340. The van der Waals surface area contributed by atoms with Crippen LogP contribution >= 0.6 is 38.5 Å². The summed E-state index contributed by atoms with van der Waals surface area (Å²) in [6.45, 7) is 0. The number of aliphatic hydroxyl groups excluding tert-OH is 1. The topological polar surface area (TPSA) is 54.4 Å². The second kappa shape index (κ2) is 5.11. The van der Waals surface area contributed by atoms with Gasteiger partial charge >= 0.3 is 0 Å². The normalized spacial score (nSPS) is 16.0. The average Bonchev–Trinajstić information content (AvgIpc) is 2.15. The van der Waals surface area contributed by atoms with Gasteiger partial charge < -0.3 is 5.11 Å². The molecule has 0 unspecified atom stereocenters. The number of hydrogen-bond acceptors (Lipinski definition) is 3. The van der Waals surface area contributed by atoms with Gasteiger partial charge in [-0.1, -0.05) is 50.7 Å². The molecule has 2 atom stereocenters. The molecule has 0 heterocycles. The Morgan fingerprint density at radius 1 is 1.33 bits per heavy atom. The van der Waals surface area contributed by atoms with Gasteiger partial charge in [-0.25, -0.2) is 8.42 Å². The van der Waals surface area contributed by atoms with Crippen molar-refractivity contribution in [1.82, 2.24) is 0 Å². The first-order valence-electron chi connectivity index (χ1n) is 4.09. The summed E-state index contributed by atoms with van der Waals surface area (Å²) in [6.07, 6.45) is 0.125. The molecule has 0 aliphatic heterocycles. The van der Waals surface area contributed by atoms with E-state index in [2.05, 4.69) is 15.9 Å². The molecule has 0 aromatic heterocycles. The molecule has 1 rings (SSSR count). The number of halogens is 2. The molecule has 0 aliphatic carbocycles. The minimum atomic E-state index is -3.24. The van der Waals surface area contributed by atoms with Crippen LogP contribution in [-0.2, 0) is 9.84 Å². The van der Waals surface area contributed by atoms with Crippen molar-refractivity contribution in [3.05, 3.63) is 34.3 Å². The highest BCUT2D eigenvalue weighted by atomic mass is 127. The van der Waals surface area contributed by atoms with Gasteiger partial charge in [0, 0.05) is 10.7 Å². The van der Waals surface area contributed by atoms with Crippen molar-refractivity contribution in [2.45, 2.75) is 9.36 Å². The zero-order valence-electron chi connectivity index (χ0n) is 7.89. The highest BCUT2D eigenvalue weighted by Crippen LogP contribution is 2.27. The predicted molar refractivity (Wildman–Crippen MR) is 71.8 cm³/mol. The Morgan fingerprint density at radius 3 is 2.20 bits per heavy atom. The number of hydrogen-bond donors (Lipinski definition) is 1. The molecule has 0 saturated carbocycles. The summed E-state index contributed by atoms with van der Waals surface area (Å²) in [4.78, 5) is 0. The van der Waals surface area contributed by atoms with Crippen molar-refractivity contribution in [1.29, 1.82) is 0 Å². The fourth-order valence-corrected chi connectivity index (χ4v) is 2.35. The molecule has 3 nitrogen and oxygen atoms in total. The largest absolute Gasteiger partial charge is 0.386 e. The lowest BCUT2D eigenvalue weighted by Crippen LogP contribution is -2.21. The zero-order chi connectivity index (χ0) is 11.6. The molecule has 1 aromatic rings. The number of rotatable bonds is 3. The maximum absolute atomic E-state index is 11.2. The number of aliphatic hydroxyl groups is 1. The van der Waals surface area contributed by atoms with E-state index in [0.717, 1.165) is 10.7 Å². The van der Waals surface area contributed by atoms with Gasteiger partial charge in [-0.3, -0.25) is 0 Å². The third kappa shape index (κ3) is 3.69. The van der Waals surface area contributed by atoms with Gasteiger partial charge in [0.25, 0.3) is 0 Å². The van der Waals surface area contributed by atoms with Crippen LogP contribution in [0, 0.1) is 0 Å². The molecule has 84 valence electrons. The molecule has 0 fully saturated rings. The molecule has 6 heteroatoms. The highest BCUT2D eigenvalue weighted by Gasteiger charge is 2.26. The molecule has 1 aromatic carbocycles. The van der Waals surface area contributed by atoms with E-state index >= 15 is 0 Å². The van der Waals surface area contributed by atoms with Crippen molar-refractivity contribution in [3.8, 4) is 0 Å². The van der Waals surface area contributed by atoms with Crippen LogP contribution in [0.25, 0.3) is 0 Å². The van der Waals surface area contributed by atoms with Gasteiger partial charge in [0.05, 0.1) is 0 Å². The third-order valence-corrected chi connectivity index (χ3v) is 6.93. The second-order valence-corrected chi connectivity index (χ2v) is 8.45. The molecule has 1 N–H and O–H groups in total. The van der Waals surface area contributed by atoms with Crippen LogP contribution in [-0.4, -0.2) is 23.0 Å². The van der Waals surface area contributed by atoms with E-state index in [1.807, 2.05) is 0 Å². The van der Waals surface area contributed by atoms with Crippen LogP contribution in [0.3, 0.4) is 0 Å². The van der Waals surface area contributed by atoms with Crippen molar-refractivity contribution < 1.29 is 13.5 Å². The molecular weight excluding hydrogens is 395 g/mol. The Bertz CT molecular complexity index is 429. The first-order valence-corrected chi connectivity index (χ1v) is 8.08. The monoisotopic (exact) mass is 404 g/mol. The molecule has 0 spiro atoms. The smallest absolute Gasteiger partial charge is 0.162 e. The van der Waals surface area contributed by atoms with Crippen LogP contribution in [0.2, 0.25) is 0 Å². The predicted octanol–water partition coefficient (Wildman–Crippen LogP) is 2.29. The fourth-order valence-electron chi connectivity index (χ4n) is 1.05. The lowest BCUT2D eigenvalue weighted by molar-refractivity contribution is 0.197. The Labute approximate surface area is 111 Å². The molecule has 0 radical (unpaired) electrons. The van der Waals surface area contributed by atoms with Gasteiger partial charge in [0.2, 0.25) is 0 Å². The van der Waals surface area contributed by atoms with Crippen molar-refractivity contribution in [2.75, 3.05) is 6.26 Å². The molecule has 0 aliphatic rings. The van der Waals surface area contributed by atoms with Crippen LogP contribution in [0.4, 0.5) is 0 Å². The van der Waals surface area contributed by atoms with E-state index in [-0.39, 0.29) is 0 Å². The minimum Gasteiger partial charge on any atom is -0.386 e. The lowest BCUT2D eigenvalue weighted by Gasteiger charge is -2.15. The van der Waals surface area contributed by atoms with Gasteiger partial charge in [-0.05, 0) is 17.7 Å². The first kappa shape index (κ1) is 13.4. The summed E-state index contributed by atoms with van der Waals surface area (Å²) >= 11 is 5.01. The zero-order valence-corrected chi connectivity index (χ0v) is 12.5. The van der Waals surface area contributed by atoms with Crippen LogP contribution in [0.1, 0.15) is 11.7 Å². The van der Waals surface area contributed by atoms with Crippen LogP contribution in [0.5, 0.6) is 0 Å². The number of alkyl halides is 1. The standard InChI is InChI=1S/C9H10BrIO3S/c1-15(13,14)9(11)8(12)6-2-4-7(10)5-3-6/h2-5,8-9,12H,1H3/t8-,9+/m1/s1. The quantitative estimate of drug-likeness (QED) is 0.621. The van der Waals surface area contributed by atoms with Crippen molar-refractivity contribution in [2.24, 2.45) is 0 Å². The van der Waals surface area contributed by atoms with Crippen LogP contribution < -0.4 is 0 Å². The number of benzene rings is 1. The van der Waals surface area contributed by atoms with Crippen LogP contribution in [0.15, 0.2) is 28.7 Å². The molecule has 0 saturated heterocycles. The van der Waals surface area contributed by atoms with E-state index in [1.165, 1.54) is 0 Å². The second-order valence-electron chi connectivity index (χ2n) is 3.18.